The molecule has 5 nitrogen and oxygen atoms in total. The first-order valence-electron chi connectivity index (χ1n) is 8.62. The van der Waals surface area contributed by atoms with Gasteiger partial charge in [-0.15, -0.1) is 0 Å². The lowest BCUT2D eigenvalue weighted by Crippen LogP contribution is -2.42. The van der Waals surface area contributed by atoms with E-state index in [1.54, 1.807) is 0 Å². The predicted molar refractivity (Wildman–Crippen MR) is 91.1 cm³/mol. The van der Waals surface area contributed by atoms with Gasteiger partial charge in [0.2, 0.25) is 11.8 Å². The minimum Gasteiger partial charge on any atom is -0.369 e. The topological polar surface area (TPSA) is 72.2 Å². The summed E-state index contributed by atoms with van der Waals surface area (Å²) >= 11 is 0. The third-order valence-electron chi connectivity index (χ3n) is 4.34. The first kappa shape index (κ1) is 20.9. The van der Waals surface area contributed by atoms with Crippen LogP contribution < -0.4 is 11.1 Å². The Hall–Kier alpha value is -1.10. The zero-order valence-electron chi connectivity index (χ0n) is 15.2. The van der Waals surface area contributed by atoms with Gasteiger partial charge in [0.15, 0.2) is 0 Å². The smallest absolute Gasteiger partial charge is 0.222 e. The van der Waals surface area contributed by atoms with Gasteiger partial charge in [-0.2, -0.15) is 0 Å². The molecule has 0 aliphatic heterocycles. The summed E-state index contributed by atoms with van der Waals surface area (Å²) in [7, 11) is 4.47. The molecule has 0 aliphatic rings. The molecule has 0 fully saturated rings. The fraction of sp³-hybridized carbons (Fsp3) is 0.882. The molecule has 0 bridgehead atoms. The molecule has 2 atom stereocenters. The predicted octanol–water partition coefficient (Wildman–Crippen LogP) is 1.91. The third-order valence-corrected chi connectivity index (χ3v) is 4.34. The van der Waals surface area contributed by atoms with Crippen molar-refractivity contribution in [3.8, 4) is 0 Å². The first-order valence-corrected chi connectivity index (χ1v) is 8.62. The van der Waals surface area contributed by atoms with Crippen molar-refractivity contribution in [1.82, 2.24) is 5.32 Å². The van der Waals surface area contributed by atoms with Crippen molar-refractivity contribution in [2.24, 2.45) is 17.6 Å². The molecule has 0 aromatic rings. The average molecular weight is 314 g/mol. The average Bonchev–Trinajstić information content (AvgIpc) is 2.46. The summed E-state index contributed by atoms with van der Waals surface area (Å²) < 4.78 is 0.999. The summed E-state index contributed by atoms with van der Waals surface area (Å²) in [6.45, 7) is 8.94. The van der Waals surface area contributed by atoms with E-state index in [4.69, 9.17) is 5.73 Å². The molecule has 0 rings (SSSR count). The monoisotopic (exact) mass is 314 g/mol. The number of unbranched alkanes of at least 4 members (excludes halogenated alkanes) is 1. The van der Waals surface area contributed by atoms with Crippen LogP contribution in [0.4, 0.5) is 0 Å². The van der Waals surface area contributed by atoms with Gasteiger partial charge >= 0.3 is 0 Å². The maximum atomic E-state index is 12.0. The second-order valence-corrected chi connectivity index (χ2v) is 7.03. The highest BCUT2D eigenvalue weighted by molar-refractivity contribution is 5.80. The van der Waals surface area contributed by atoms with Crippen molar-refractivity contribution < 1.29 is 14.1 Å². The van der Waals surface area contributed by atoms with Gasteiger partial charge in [-0.25, -0.2) is 0 Å². The van der Waals surface area contributed by atoms with Crippen molar-refractivity contribution in [2.45, 2.75) is 52.9 Å². The van der Waals surface area contributed by atoms with E-state index in [0.29, 0.717) is 19.4 Å². The molecule has 2 unspecified atom stereocenters. The lowest BCUT2D eigenvalue weighted by atomic mass is 9.92. The Kier molecular flexibility index (Phi) is 10.1. The Morgan fingerprint density at radius 3 is 2.23 bits per heavy atom. The molecule has 0 aromatic carbocycles. The normalized spacial score (nSPS) is 14.4. The van der Waals surface area contributed by atoms with Crippen LogP contribution in [0.1, 0.15) is 52.9 Å². The summed E-state index contributed by atoms with van der Waals surface area (Å²) in [5.74, 6) is -0.652. The number of carbonyl (C=O) groups is 2. The van der Waals surface area contributed by atoms with Crippen LogP contribution in [0.5, 0.6) is 0 Å². The highest BCUT2D eigenvalue weighted by atomic mass is 16.2. The van der Waals surface area contributed by atoms with E-state index in [1.807, 2.05) is 13.8 Å². The van der Waals surface area contributed by atoms with Crippen LogP contribution in [0.2, 0.25) is 0 Å². The Morgan fingerprint density at radius 1 is 1.14 bits per heavy atom. The number of nitrogens with zero attached hydrogens (tertiary/aromatic N) is 1. The van der Waals surface area contributed by atoms with Gasteiger partial charge < -0.3 is 15.5 Å². The van der Waals surface area contributed by atoms with E-state index in [-0.39, 0.29) is 23.7 Å². The summed E-state index contributed by atoms with van der Waals surface area (Å²) in [5.41, 5.74) is 5.33. The number of rotatable bonds is 12. The number of quaternary nitrogens is 1. The van der Waals surface area contributed by atoms with Gasteiger partial charge in [-0.3, -0.25) is 9.59 Å². The molecular weight excluding hydrogens is 278 g/mol. The molecule has 5 heteroatoms. The Labute approximate surface area is 136 Å². The largest absolute Gasteiger partial charge is 0.369 e. The van der Waals surface area contributed by atoms with Crippen molar-refractivity contribution in [2.75, 3.05) is 33.7 Å². The molecule has 0 radical (unpaired) electrons. The molecule has 130 valence electrons. The first-order chi connectivity index (χ1) is 10.2. The van der Waals surface area contributed by atoms with Crippen LogP contribution in [0.15, 0.2) is 0 Å². The van der Waals surface area contributed by atoms with Crippen molar-refractivity contribution >= 4 is 11.8 Å². The molecule has 0 heterocycles. The molecular formula is C17H36N3O2+. The zero-order chi connectivity index (χ0) is 17.2. The fourth-order valence-electron chi connectivity index (χ4n) is 2.61. The van der Waals surface area contributed by atoms with Crippen LogP contribution in [-0.4, -0.2) is 50.0 Å². The SMILES string of the molecule is CCCC[N+](C)(C)CCCNC(=O)C(C)CC(CC)C(N)=O. The van der Waals surface area contributed by atoms with Crippen LogP contribution in [0, 0.1) is 11.8 Å². The number of primary amides is 1. The van der Waals surface area contributed by atoms with Crippen molar-refractivity contribution in [3.05, 3.63) is 0 Å². The zero-order valence-corrected chi connectivity index (χ0v) is 15.2. The van der Waals surface area contributed by atoms with Crippen molar-refractivity contribution in [3.63, 3.8) is 0 Å². The second-order valence-electron chi connectivity index (χ2n) is 7.03. The van der Waals surface area contributed by atoms with E-state index < -0.39 is 0 Å². The van der Waals surface area contributed by atoms with E-state index in [1.165, 1.54) is 19.4 Å². The van der Waals surface area contributed by atoms with Crippen molar-refractivity contribution in [1.29, 1.82) is 0 Å². The Balaban J connectivity index is 4.00. The maximum absolute atomic E-state index is 12.0. The second kappa shape index (κ2) is 10.6. The van der Waals surface area contributed by atoms with Crippen LogP contribution >= 0.6 is 0 Å². The minimum absolute atomic E-state index is 0.0264. The molecule has 2 amide bonds. The fourth-order valence-corrected chi connectivity index (χ4v) is 2.61. The Morgan fingerprint density at radius 2 is 1.73 bits per heavy atom. The van der Waals surface area contributed by atoms with Gasteiger partial charge in [-0.05, 0) is 19.3 Å². The van der Waals surface area contributed by atoms with E-state index >= 15 is 0 Å². The summed E-state index contributed by atoms with van der Waals surface area (Å²) in [4.78, 5) is 23.3. The highest BCUT2D eigenvalue weighted by Crippen LogP contribution is 2.15. The molecule has 0 saturated carbocycles. The minimum atomic E-state index is -0.308. The number of nitrogens with two attached hydrogens (primary N) is 1. The molecule has 3 N–H and O–H groups in total. The molecule has 0 aliphatic carbocycles. The molecule has 0 aromatic heterocycles. The lowest BCUT2D eigenvalue weighted by Gasteiger charge is -2.29. The number of carbonyl (C=O) groups excluding carboxylic acids is 2. The van der Waals surface area contributed by atoms with E-state index in [9.17, 15) is 9.59 Å². The van der Waals surface area contributed by atoms with Gasteiger partial charge in [0, 0.05) is 24.8 Å². The van der Waals surface area contributed by atoms with E-state index in [0.717, 1.165) is 17.4 Å². The van der Waals surface area contributed by atoms with Gasteiger partial charge in [0.25, 0.3) is 0 Å². The summed E-state index contributed by atoms with van der Waals surface area (Å²) in [6, 6.07) is 0. The van der Waals surface area contributed by atoms with Crippen LogP contribution in [0.25, 0.3) is 0 Å². The Bertz CT molecular complexity index is 343. The quantitative estimate of drug-likeness (QED) is 0.426. The number of hydrogen-bond acceptors (Lipinski definition) is 2. The van der Waals surface area contributed by atoms with Crippen LogP contribution in [0.3, 0.4) is 0 Å². The van der Waals surface area contributed by atoms with Gasteiger partial charge in [-0.1, -0.05) is 27.2 Å². The standard InChI is InChI=1S/C17H35N3O2/c1-6-8-11-20(4,5)12-9-10-19-17(22)14(3)13-15(7-2)16(18)21/h14-15H,6-13H2,1-5H3,(H2-,18,19,21,22)/p+1. The molecule has 0 spiro atoms. The lowest BCUT2D eigenvalue weighted by molar-refractivity contribution is -0.890. The third kappa shape index (κ3) is 9.03. The molecule has 0 saturated heterocycles. The molecule has 22 heavy (non-hydrogen) atoms. The van der Waals surface area contributed by atoms with Gasteiger partial charge in [0.05, 0.1) is 27.2 Å². The maximum Gasteiger partial charge on any atom is 0.222 e. The number of amides is 2. The number of hydrogen-bond donors (Lipinski definition) is 2. The van der Waals surface area contributed by atoms with Gasteiger partial charge in [0.1, 0.15) is 0 Å². The number of nitrogens with one attached hydrogen (secondary N) is 1. The van der Waals surface area contributed by atoms with Crippen LogP contribution in [-0.2, 0) is 9.59 Å². The summed E-state index contributed by atoms with van der Waals surface area (Å²) in [5, 5.41) is 2.98. The summed E-state index contributed by atoms with van der Waals surface area (Å²) in [6.07, 6.45) is 4.66. The highest BCUT2D eigenvalue weighted by Gasteiger charge is 2.21. The van der Waals surface area contributed by atoms with E-state index in [2.05, 4.69) is 26.3 Å².